The highest BCUT2D eigenvalue weighted by molar-refractivity contribution is 6.02. The van der Waals surface area contributed by atoms with E-state index in [-0.39, 0.29) is 24.1 Å². The zero-order valence-electron chi connectivity index (χ0n) is 18.9. The number of anilines is 1. The van der Waals surface area contributed by atoms with Crippen molar-refractivity contribution in [1.29, 1.82) is 0 Å². The number of carbonyl (C=O) groups is 3. The van der Waals surface area contributed by atoms with E-state index in [1.165, 1.54) is 0 Å². The van der Waals surface area contributed by atoms with Crippen LogP contribution >= 0.6 is 0 Å². The summed E-state index contributed by atoms with van der Waals surface area (Å²) in [6.45, 7) is 6.72. The Morgan fingerprint density at radius 2 is 1.84 bits per heavy atom. The molecule has 2 atom stereocenters. The standard InChI is InChI=1S/C23H33N5O4/c1-17(22(31)27-13-11-26(12-14-27)15-16-32-2)28-10-9-23(8-7-20(28)29)24-19-6-4-3-5-18(19)21(30)25-23/h3-6,17,24H,7-16H2,1-2H3,(H,25,30). The Bertz CT molecular complexity index is 870. The molecule has 3 heterocycles. The summed E-state index contributed by atoms with van der Waals surface area (Å²) in [5.74, 6) is -0.182. The molecule has 2 unspecified atom stereocenters. The number of likely N-dealkylation sites (tertiary alicyclic amines) is 1. The minimum absolute atomic E-state index is 0.00771. The van der Waals surface area contributed by atoms with Crippen molar-refractivity contribution in [1.82, 2.24) is 20.0 Å². The lowest BCUT2D eigenvalue weighted by Crippen LogP contribution is -2.58. The fraction of sp³-hybridized carbons (Fsp3) is 0.609. The second-order valence-electron chi connectivity index (χ2n) is 8.88. The number of benzene rings is 1. The molecule has 2 saturated heterocycles. The molecular weight excluding hydrogens is 410 g/mol. The number of rotatable bonds is 5. The summed E-state index contributed by atoms with van der Waals surface area (Å²) in [6.07, 6.45) is 1.31. The third-order valence-electron chi connectivity index (χ3n) is 6.88. The van der Waals surface area contributed by atoms with Gasteiger partial charge in [0.25, 0.3) is 5.91 Å². The van der Waals surface area contributed by atoms with Gasteiger partial charge in [0.15, 0.2) is 0 Å². The van der Waals surface area contributed by atoms with Crippen LogP contribution in [0.25, 0.3) is 0 Å². The van der Waals surface area contributed by atoms with E-state index in [4.69, 9.17) is 4.74 Å². The molecule has 0 radical (unpaired) electrons. The van der Waals surface area contributed by atoms with Crippen molar-refractivity contribution in [3.8, 4) is 0 Å². The molecule has 3 amide bonds. The third-order valence-corrected chi connectivity index (χ3v) is 6.88. The van der Waals surface area contributed by atoms with Gasteiger partial charge in [-0.25, -0.2) is 0 Å². The van der Waals surface area contributed by atoms with Crippen LogP contribution in [0.5, 0.6) is 0 Å². The third kappa shape index (κ3) is 4.59. The number of piperazine rings is 1. The van der Waals surface area contributed by atoms with Crippen molar-refractivity contribution in [2.24, 2.45) is 0 Å². The highest BCUT2D eigenvalue weighted by atomic mass is 16.5. The summed E-state index contributed by atoms with van der Waals surface area (Å²) in [7, 11) is 1.69. The Balaban J connectivity index is 1.39. The van der Waals surface area contributed by atoms with Crippen LogP contribution in [-0.4, -0.2) is 97.1 Å². The van der Waals surface area contributed by atoms with Crippen LogP contribution in [0, 0.1) is 0 Å². The van der Waals surface area contributed by atoms with Gasteiger partial charge in [-0.05, 0) is 25.5 Å². The topological polar surface area (TPSA) is 94.2 Å². The zero-order valence-corrected chi connectivity index (χ0v) is 18.9. The number of amides is 3. The van der Waals surface area contributed by atoms with Crippen molar-refractivity contribution in [2.45, 2.75) is 37.9 Å². The van der Waals surface area contributed by atoms with Crippen molar-refractivity contribution in [3.63, 3.8) is 0 Å². The number of fused-ring (bicyclic) bond motifs is 1. The molecule has 3 aliphatic rings. The van der Waals surface area contributed by atoms with Crippen LogP contribution in [0.4, 0.5) is 5.69 Å². The van der Waals surface area contributed by atoms with E-state index in [0.717, 1.165) is 25.3 Å². The van der Waals surface area contributed by atoms with Crippen LogP contribution in [0.15, 0.2) is 24.3 Å². The van der Waals surface area contributed by atoms with Gasteiger partial charge in [-0.1, -0.05) is 12.1 Å². The average molecular weight is 444 g/mol. The molecule has 0 aliphatic carbocycles. The van der Waals surface area contributed by atoms with Gasteiger partial charge in [-0.2, -0.15) is 0 Å². The van der Waals surface area contributed by atoms with Gasteiger partial charge in [-0.15, -0.1) is 0 Å². The van der Waals surface area contributed by atoms with Crippen molar-refractivity contribution in [2.75, 3.05) is 58.3 Å². The van der Waals surface area contributed by atoms with E-state index in [1.54, 1.807) is 18.1 Å². The molecule has 4 rings (SSSR count). The molecule has 1 spiro atoms. The maximum atomic E-state index is 13.2. The lowest BCUT2D eigenvalue weighted by molar-refractivity contribution is -0.146. The van der Waals surface area contributed by atoms with Gasteiger partial charge in [0.1, 0.15) is 11.7 Å². The van der Waals surface area contributed by atoms with E-state index < -0.39 is 11.7 Å². The van der Waals surface area contributed by atoms with Crippen molar-refractivity contribution in [3.05, 3.63) is 29.8 Å². The number of para-hydroxylation sites is 1. The maximum absolute atomic E-state index is 13.2. The van der Waals surface area contributed by atoms with E-state index in [1.807, 2.05) is 30.0 Å². The second-order valence-corrected chi connectivity index (χ2v) is 8.88. The van der Waals surface area contributed by atoms with Gasteiger partial charge >= 0.3 is 0 Å². The van der Waals surface area contributed by atoms with Crippen molar-refractivity contribution < 1.29 is 19.1 Å². The number of nitrogens with one attached hydrogen (secondary N) is 2. The first-order chi connectivity index (χ1) is 15.4. The lowest BCUT2D eigenvalue weighted by Gasteiger charge is -2.40. The molecule has 1 aromatic carbocycles. The highest BCUT2D eigenvalue weighted by Crippen LogP contribution is 2.32. The van der Waals surface area contributed by atoms with Gasteiger partial charge in [0.2, 0.25) is 11.8 Å². The SMILES string of the molecule is COCCN1CCN(C(=O)C(C)N2CCC3(CCC2=O)NC(=O)c2ccccc2N3)CC1. The smallest absolute Gasteiger partial charge is 0.255 e. The minimum atomic E-state index is -0.675. The molecule has 0 saturated carbocycles. The summed E-state index contributed by atoms with van der Waals surface area (Å²) in [6, 6.07) is 6.88. The molecular formula is C23H33N5O4. The number of methoxy groups -OCH3 is 1. The van der Waals surface area contributed by atoms with Gasteiger partial charge in [0.05, 0.1) is 12.2 Å². The summed E-state index contributed by atoms with van der Waals surface area (Å²) >= 11 is 0. The first kappa shape index (κ1) is 22.5. The van der Waals surface area contributed by atoms with Crippen LogP contribution in [-0.2, 0) is 14.3 Å². The Labute approximate surface area is 189 Å². The first-order valence-electron chi connectivity index (χ1n) is 11.4. The van der Waals surface area contributed by atoms with E-state index in [2.05, 4.69) is 15.5 Å². The number of hydrogen-bond donors (Lipinski definition) is 2. The number of nitrogens with zero attached hydrogens (tertiary/aromatic N) is 3. The summed E-state index contributed by atoms with van der Waals surface area (Å²) in [5, 5.41) is 6.54. The summed E-state index contributed by atoms with van der Waals surface area (Å²) < 4.78 is 5.14. The molecule has 1 aromatic rings. The number of carbonyl (C=O) groups excluding carboxylic acids is 3. The molecule has 2 fully saturated rings. The summed E-state index contributed by atoms with van der Waals surface area (Å²) in [4.78, 5) is 44.6. The molecule has 9 heteroatoms. The fourth-order valence-electron chi connectivity index (χ4n) is 4.86. The molecule has 0 aromatic heterocycles. The van der Waals surface area contributed by atoms with Crippen LogP contribution in [0.1, 0.15) is 36.5 Å². The Hall–Kier alpha value is -2.65. The number of ether oxygens (including phenoxy) is 1. The summed E-state index contributed by atoms with van der Waals surface area (Å²) in [5.41, 5.74) is 0.720. The highest BCUT2D eigenvalue weighted by Gasteiger charge is 2.42. The second kappa shape index (κ2) is 9.46. The normalized spacial score (nSPS) is 25.1. The van der Waals surface area contributed by atoms with Gasteiger partial charge in [-0.3, -0.25) is 19.3 Å². The molecule has 2 N–H and O–H groups in total. The van der Waals surface area contributed by atoms with Crippen LogP contribution in [0.3, 0.4) is 0 Å². The van der Waals surface area contributed by atoms with Crippen LogP contribution < -0.4 is 10.6 Å². The molecule has 9 nitrogen and oxygen atoms in total. The predicted octanol–water partition coefficient (Wildman–Crippen LogP) is 0.730. The largest absolute Gasteiger partial charge is 0.383 e. The Morgan fingerprint density at radius 1 is 1.09 bits per heavy atom. The minimum Gasteiger partial charge on any atom is -0.383 e. The molecule has 32 heavy (non-hydrogen) atoms. The predicted molar refractivity (Wildman–Crippen MR) is 120 cm³/mol. The van der Waals surface area contributed by atoms with E-state index in [0.29, 0.717) is 44.6 Å². The average Bonchev–Trinajstić information content (AvgIpc) is 2.96. The van der Waals surface area contributed by atoms with Crippen molar-refractivity contribution >= 4 is 23.4 Å². The Morgan fingerprint density at radius 3 is 2.59 bits per heavy atom. The van der Waals surface area contributed by atoms with Gasteiger partial charge in [0, 0.05) is 64.9 Å². The monoisotopic (exact) mass is 443 g/mol. The Kier molecular flexibility index (Phi) is 6.66. The molecule has 0 bridgehead atoms. The van der Waals surface area contributed by atoms with E-state index in [9.17, 15) is 14.4 Å². The number of hydrogen-bond acceptors (Lipinski definition) is 6. The molecule has 174 valence electrons. The van der Waals surface area contributed by atoms with E-state index >= 15 is 0 Å². The quantitative estimate of drug-likeness (QED) is 0.697. The van der Waals surface area contributed by atoms with Gasteiger partial charge < -0.3 is 25.2 Å². The fourth-order valence-corrected chi connectivity index (χ4v) is 4.86. The maximum Gasteiger partial charge on any atom is 0.255 e. The zero-order chi connectivity index (χ0) is 22.7. The first-order valence-corrected chi connectivity index (χ1v) is 11.4. The van der Waals surface area contributed by atoms with Crippen LogP contribution in [0.2, 0.25) is 0 Å². The lowest BCUT2D eigenvalue weighted by atomic mass is 9.95. The molecule has 3 aliphatic heterocycles.